The van der Waals surface area contributed by atoms with Gasteiger partial charge in [-0.15, -0.1) is 0 Å². The molecule has 0 spiro atoms. The molecule has 0 aliphatic carbocycles. The number of primary amides is 1. The fourth-order valence-electron chi connectivity index (χ4n) is 2.36. The molecule has 1 aliphatic rings. The van der Waals surface area contributed by atoms with Gasteiger partial charge in [-0.3, -0.25) is 14.4 Å². The van der Waals surface area contributed by atoms with Crippen molar-refractivity contribution in [2.75, 3.05) is 19.6 Å². The number of hydrogen-bond donors (Lipinski definition) is 3. The third kappa shape index (κ3) is 3.45. The molecule has 1 aromatic heterocycles. The smallest absolute Gasteiger partial charge is 0.256 e. The summed E-state index contributed by atoms with van der Waals surface area (Å²) in [6, 6.07) is 2.73. The van der Waals surface area contributed by atoms with Crippen LogP contribution < -0.4 is 16.6 Å². The summed E-state index contributed by atoms with van der Waals surface area (Å²) < 4.78 is 0. The first-order valence-electron chi connectivity index (χ1n) is 6.56. The second-order valence-electron chi connectivity index (χ2n) is 4.82. The average Bonchev–Trinajstić information content (AvgIpc) is 2.45. The Balaban J connectivity index is 2.20. The fraction of sp³-hybridized carbons (Fsp3) is 0.462. The second kappa shape index (κ2) is 6.33. The van der Waals surface area contributed by atoms with Crippen LogP contribution in [-0.4, -0.2) is 47.4 Å². The highest BCUT2D eigenvalue weighted by Crippen LogP contribution is 2.14. The van der Waals surface area contributed by atoms with Crippen molar-refractivity contribution in [1.82, 2.24) is 15.2 Å². The van der Waals surface area contributed by atoms with Crippen molar-refractivity contribution in [3.63, 3.8) is 0 Å². The van der Waals surface area contributed by atoms with Crippen LogP contribution in [0.3, 0.4) is 0 Å². The summed E-state index contributed by atoms with van der Waals surface area (Å²) in [7, 11) is 0. The Kier molecular flexibility index (Phi) is 4.52. The number of carbonyl (C=O) groups is 2. The maximum atomic E-state index is 12.5. The summed E-state index contributed by atoms with van der Waals surface area (Å²) in [6.07, 6.45) is 2.92. The third-order valence-electron chi connectivity index (χ3n) is 3.37. The number of H-pyrrole nitrogens is 1. The van der Waals surface area contributed by atoms with Crippen molar-refractivity contribution >= 4 is 11.8 Å². The molecule has 0 bridgehead atoms. The minimum absolute atomic E-state index is 0.0109. The lowest BCUT2D eigenvalue weighted by Gasteiger charge is -2.33. The molecule has 1 aromatic rings. The number of pyridine rings is 1. The van der Waals surface area contributed by atoms with Crippen molar-refractivity contribution in [2.24, 2.45) is 5.73 Å². The van der Waals surface area contributed by atoms with E-state index in [9.17, 15) is 14.4 Å². The quantitative estimate of drug-likeness (QED) is 0.660. The highest BCUT2D eigenvalue weighted by molar-refractivity contribution is 5.96. The molecule has 7 heteroatoms. The second-order valence-corrected chi connectivity index (χ2v) is 4.82. The molecule has 0 radical (unpaired) electrons. The maximum Gasteiger partial charge on any atom is 0.256 e. The van der Waals surface area contributed by atoms with Crippen LogP contribution in [0.2, 0.25) is 0 Å². The van der Waals surface area contributed by atoms with Crippen molar-refractivity contribution in [2.45, 2.75) is 18.9 Å². The van der Waals surface area contributed by atoms with E-state index >= 15 is 0 Å². The van der Waals surface area contributed by atoms with E-state index < -0.39 is 5.91 Å². The Morgan fingerprint density at radius 1 is 1.30 bits per heavy atom. The molecule has 7 nitrogen and oxygen atoms in total. The molecule has 0 atom stereocenters. The number of piperidine rings is 1. The zero-order valence-corrected chi connectivity index (χ0v) is 11.1. The number of nitrogens with one attached hydrogen (secondary N) is 2. The van der Waals surface area contributed by atoms with Gasteiger partial charge in [0.15, 0.2) is 0 Å². The monoisotopic (exact) mass is 278 g/mol. The van der Waals surface area contributed by atoms with E-state index in [-0.39, 0.29) is 24.1 Å². The van der Waals surface area contributed by atoms with E-state index in [1.165, 1.54) is 23.2 Å². The van der Waals surface area contributed by atoms with E-state index in [1.54, 1.807) is 0 Å². The number of nitrogens with zero attached hydrogens (tertiary/aromatic N) is 1. The highest BCUT2D eigenvalue weighted by atomic mass is 16.2. The molecule has 0 aromatic carbocycles. The van der Waals surface area contributed by atoms with Crippen LogP contribution >= 0.6 is 0 Å². The summed E-state index contributed by atoms with van der Waals surface area (Å²) in [5.41, 5.74) is 5.31. The molecule has 0 unspecified atom stereocenters. The Labute approximate surface area is 116 Å². The first kappa shape index (κ1) is 14.3. The zero-order valence-electron chi connectivity index (χ0n) is 11.1. The zero-order chi connectivity index (χ0) is 14.5. The summed E-state index contributed by atoms with van der Waals surface area (Å²) >= 11 is 0. The Morgan fingerprint density at radius 2 is 2.00 bits per heavy atom. The number of nitrogens with two attached hydrogens (primary N) is 1. The van der Waals surface area contributed by atoms with Crippen LogP contribution in [0.15, 0.2) is 23.1 Å². The minimum atomic E-state index is -0.540. The number of rotatable bonds is 4. The van der Waals surface area contributed by atoms with Crippen molar-refractivity contribution in [1.29, 1.82) is 0 Å². The van der Waals surface area contributed by atoms with Crippen LogP contribution in [0.25, 0.3) is 0 Å². The van der Waals surface area contributed by atoms with Gasteiger partial charge in [0.25, 0.3) is 5.91 Å². The Bertz CT molecular complexity index is 528. The van der Waals surface area contributed by atoms with E-state index in [0.717, 1.165) is 25.9 Å². The third-order valence-corrected chi connectivity index (χ3v) is 3.37. The first-order chi connectivity index (χ1) is 9.58. The number of carbonyl (C=O) groups excluding carboxylic acids is 2. The Morgan fingerprint density at radius 3 is 2.55 bits per heavy atom. The SMILES string of the molecule is NC(=O)CN(C(=O)c1ccc(=O)[nH]c1)C1CCNCC1. The van der Waals surface area contributed by atoms with Gasteiger partial charge in [-0.2, -0.15) is 0 Å². The van der Waals surface area contributed by atoms with Gasteiger partial charge >= 0.3 is 0 Å². The van der Waals surface area contributed by atoms with Crippen molar-refractivity contribution in [3.8, 4) is 0 Å². The fourth-order valence-corrected chi connectivity index (χ4v) is 2.36. The lowest BCUT2D eigenvalue weighted by Crippen LogP contribution is -2.49. The maximum absolute atomic E-state index is 12.5. The van der Waals surface area contributed by atoms with Crippen LogP contribution in [-0.2, 0) is 4.79 Å². The summed E-state index contributed by atoms with van der Waals surface area (Å²) in [5.74, 6) is -0.826. The number of aromatic amines is 1. The van der Waals surface area contributed by atoms with Gasteiger partial charge in [-0.1, -0.05) is 0 Å². The molecule has 2 amide bonds. The largest absolute Gasteiger partial charge is 0.368 e. The van der Waals surface area contributed by atoms with Gasteiger partial charge in [-0.25, -0.2) is 0 Å². The van der Waals surface area contributed by atoms with Crippen LogP contribution in [0, 0.1) is 0 Å². The number of amides is 2. The summed E-state index contributed by atoms with van der Waals surface area (Å²) in [4.78, 5) is 38.7. The van der Waals surface area contributed by atoms with Gasteiger partial charge in [0.05, 0.1) is 12.1 Å². The molecule has 1 fully saturated rings. The lowest BCUT2D eigenvalue weighted by atomic mass is 10.0. The molecule has 4 N–H and O–H groups in total. The molecule has 108 valence electrons. The standard InChI is InChI=1S/C13H18N4O3/c14-11(18)8-17(10-3-5-15-6-4-10)13(20)9-1-2-12(19)16-7-9/h1-2,7,10,15H,3-6,8H2,(H2,14,18)(H,16,19). The lowest BCUT2D eigenvalue weighted by molar-refractivity contribution is -0.119. The number of aromatic nitrogens is 1. The molecular weight excluding hydrogens is 260 g/mol. The molecule has 1 aliphatic heterocycles. The van der Waals surface area contributed by atoms with Crippen molar-refractivity contribution in [3.05, 3.63) is 34.2 Å². The van der Waals surface area contributed by atoms with Gasteiger partial charge in [0.1, 0.15) is 0 Å². The van der Waals surface area contributed by atoms with Gasteiger partial charge in [-0.05, 0) is 32.0 Å². The molecular formula is C13H18N4O3. The number of hydrogen-bond acceptors (Lipinski definition) is 4. The van der Waals surface area contributed by atoms with Crippen LogP contribution in [0.5, 0.6) is 0 Å². The highest BCUT2D eigenvalue weighted by Gasteiger charge is 2.27. The first-order valence-corrected chi connectivity index (χ1v) is 6.56. The Hall–Kier alpha value is -2.15. The molecule has 2 rings (SSSR count). The van der Waals surface area contributed by atoms with E-state index in [1.807, 2.05) is 0 Å². The predicted molar refractivity (Wildman–Crippen MR) is 73.2 cm³/mol. The van der Waals surface area contributed by atoms with Gasteiger partial charge in [0.2, 0.25) is 11.5 Å². The molecule has 1 saturated heterocycles. The molecule has 0 saturated carbocycles. The van der Waals surface area contributed by atoms with E-state index in [0.29, 0.717) is 5.56 Å². The summed E-state index contributed by atoms with van der Waals surface area (Å²) in [6.45, 7) is 1.50. The summed E-state index contributed by atoms with van der Waals surface area (Å²) in [5, 5.41) is 3.21. The topological polar surface area (TPSA) is 108 Å². The van der Waals surface area contributed by atoms with Crippen molar-refractivity contribution < 1.29 is 9.59 Å². The molecule has 2 heterocycles. The van der Waals surface area contributed by atoms with Crippen LogP contribution in [0.4, 0.5) is 0 Å². The van der Waals surface area contributed by atoms with E-state index in [4.69, 9.17) is 5.73 Å². The van der Waals surface area contributed by atoms with Crippen LogP contribution in [0.1, 0.15) is 23.2 Å². The normalized spacial score (nSPS) is 15.8. The van der Waals surface area contributed by atoms with Gasteiger partial charge < -0.3 is 20.9 Å². The predicted octanol–water partition coefficient (Wildman–Crippen LogP) is -0.946. The average molecular weight is 278 g/mol. The minimum Gasteiger partial charge on any atom is -0.368 e. The molecule has 20 heavy (non-hydrogen) atoms. The van der Waals surface area contributed by atoms with E-state index in [2.05, 4.69) is 10.3 Å². The van der Waals surface area contributed by atoms with Gasteiger partial charge in [0, 0.05) is 18.3 Å².